The number of rotatable bonds is 6. The van der Waals surface area contributed by atoms with E-state index in [-0.39, 0.29) is 16.8 Å². The van der Waals surface area contributed by atoms with E-state index in [4.69, 9.17) is 0 Å². The summed E-state index contributed by atoms with van der Waals surface area (Å²) in [5.41, 5.74) is 0.832. The molecule has 2 aliphatic rings. The number of piperidine rings is 1. The maximum absolute atomic E-state index is 12.6. The van der Waals surface area contributed by atoms with Gasteiger partial charge in [0.1, 0.15) is 0 Å². The van der Waals surface area contributed by atoms with Gasteiger partial charge in [0.2, 0.25) is 5.91 Å². The maximum atomic E-state index is 12.6. The minimum absolute atomic E-state index is 0.00156. The molecule has 2 fully saturated rings. The number of carbonyl (C=O) groups excluding carboxylic acids is 3. The Hall–Kier alpha value is -2.62. The number of benzene rings is 1. The average Bonchev–Trinajstić information content (AvgIpc) is 2.76. The number of amides is 5. The van der Waals surface area contributed by atoms with Crippen LogP contribution in [0.15, 0.2) is 29.2 Å². The van der Waals surface area contributed by atoms with Crippen LogP contribution in [-0.2, 0) is 21.2 Å². The van der Waals surface area contributed by atoms with Crippen molar-refractivity contribution in [1.29, 1.82) is 0 Å². The SMILES string of the molecule is O=C(NC1CCCCCCC1)NS(=O)(=O)c1ccc(CCNC(=O)N2CCCCC2=O)cc1. The molecule has 1 aromatic rings. The zero-order valence-corrected chi connectivity index (χ0v) is 19.8. The van der Waals surface area contributed by atoms with Gasteiger partial charge in [-0.15, -0.1) is 0 Å². The molecule has 10 heteroatoms. The van der Waals surface area contributed by atoms with Crippen molar-refractivity contribution in [2.24, 2.45) is 0 Å². The van der Waals surface area contributed by atoms with Crippen LogP contribution in [0.3, 0.4) is 0 Å². The van der Waals surface area contributed by atoms with Gasteiger partial charge in [0.05, 0.1) is 4.90 Å². The first-order chi connectivity index (χ1) is 15.8. The Morgan fingerprint density at radius 2 is 1.61 bits per heavy atom. The molecular weight excluding hydrogens is 444 g/mol. The minimum atomic E-state index is -3.97. The zero-order valence-electron chi connectivity index (χ0n) is 19.0. The predicted octanol–water partition coefficient (Wildman–Crippen LogP) is 3.05. The smallest absolute Gasteiger partial charge is 0.328 e. The quantitative estimate of drug-likeness (QED) is 0.580. The first-order valence-corrected chi connectivity index (χ1v) is 13.3. The van der Waals surface area contributed by atoms with Gasteiger partial charge < -0.3 is 10.6 Å². The molecule has 0 bridgehead atoms. The molecule has 182 valence electrons. The van der Waals surface area contributed by atoms with Crippen molar-refractivity contribution in [3.8, 4) is 0 Å². The van der Waals surface area contributed by atoms with Crippen LogP contribution in [0.25, 0.3) is 0 Å². The number of urea groups is 2. The Balaban J connectivity index is 1.46. The summed E-state index contributed by atoms with van der Waals surface area (Å²) < 4.78 is 27.2. The van der Waals surface area contributed by atoms with Gasteiger partial charge in [-0.25, -0.2) is 22.7 Å². The number of nitrogens with one attached hydrogen (secondary N) is 3. The second kappa shape index (κ2) is 12.0. The van der Waals surface area contributed by atoms with Crippen molar-refractivity contribution in [3.05, 3.63) is 29.8 Å². The lowest BCUT2D eigenvalue weighted by Crippen LogP contribution is -2.46. The van der Waals surface area contributed by atoms with E-state index in [9.17, 15) is 22.8 Å². The van der Waals surface area contributed by atoms with Gasteiger partial charge in [0.25, 0.3) is 10.0 Å². The van der Waals surface area contributed by atoms with Crippen molar-refractivity contribution < 1.29 is 22.8 Å². The number of likely N-dealkylation sites (tertiary alicyclic amines) is 1. The fraction of sp³-hybridized carbons (Fsp3) is 0.609. The summed E-state index contributed by atoms with van der Waals surface area (Å²) in [6, 6.07) is 5.10. The molecule has 3 rings (SSSR count). The van der Waals surface area contributed by atoms with Gasteiger partial charge in [0, 0.05) is 25.6 Å². The normalized spacial score (nSPS) is 18.2. The van der Waals surface area contributed by atoms with E-state index in [0.29, 0.717) is 25.9 Å². The molecule has 0 spiro atoms. The van der Waals surface area contributed by atoms with E-state index in [2.05, 4.69) is 15.4 Å². The highest BCUT2D eigenvalue weighted by atomic mass is 32.2. The third-order valence-electron chi connectivity index (χ3n) is 6.16. The fourth-order valence-corrected chi connectivity index (χ4v) is 5.18. The summed E-state index contributed by atoms with van der Waals surface area (Å²) in [6.07, 6.45) is 9.83. The summed E-state index contributed by atoms with van der Waals surface area (Å²) in [7, 11) is -3.97. The Morgan fingerprint density at radius 1 is 0.939 bits per heavy atom. The molecule has 1 heterocycles. The lowest BCUT2D eigenvalue weighted by Gasteiger charge is -2.24. The lowest BCUT2D eigenvalue weighted by atomic mass is 9.97. The molecule has 0 aromatic heterocycles. The minimum Gasteiger partial charge on any atom is -0.337 e. The standard InChI is InChI=1S/C23H34N4O5S/c28-21-10-6-7-17-27(21)23(30)24-16-15-18-11-13-20(14-12-18)33(31,32)26-22(29)25-19-8-4-2-1-3-5-9-19/h11-14,19H,1-10,15-17H2,(H,24,30)(H2,25,26,29). The van der Waals surface area contributed by atoms with Gasteiger partial charge >= 0.3 is 12.1 Å². The van der Waals surface area contributed by atoms with Crippen molar-refractivity contribution in [2.75, 3.05) is 13.1 Å². The van der Waals surface area contributed by atoms with Crippen LogP contribution in [-0.4, -0.2) is 50.4 Å². The van der Waals surface area contributed by atoms with Crippen molar-refractivity contribution in [3.63, 3.8) is 0 Å². The highest BCUT2D eigenvalue weighted by molar-refractivity contribution is 7.90. The first kappa shape index (κ1) is 25.0. The van der Waals surface area contributed by atoms with Crippen molar-refractivity contribution in [1.82, 2.24) is 20.3 Å². The van der Waals surface area contributed by atoms with Gasteiger partial charge in [-0.2, -0.15) is 0 Å². The summed E-state index contributed by atoms with van der Waals surface area (Å²) in [6.45, 7) is 0.773. The molecule has 1 saturated heterocycles. The molecule has 1 aromatic carbocycles. The largest absolute Gasteiger partial charge is 0.337 e. The first-order valence-electron chi connectivity index (χ1n) is 11.9. The molecule has 0 unspecified atom stereocenters. The topological polar surface area (TPSA) is 125 Å². The Bertz CT molecular complexity index is 925. The van der Waals surface area contributed by atoms with E-state index in [1.165, 1.54) is 23.5 Å². The number of nitrogens with zero attached hydrogens (tertiary/aromatic N) is 1. The second-order valence-corrected chi connectivity index (χ2v) is 10.4. The molecule has 1 aliphatic heterocycles. The summed E-state index contributed by atoms with van der Waals surface area (Å²) in [4.78, 5) is 37.4. The Kier molecular flexibility index (Phi) is 9.11. The van der Waals surface area contributed by atoms with Crippen LogP contribution in [0.5, 0.6) is 0 Å². The van der Waals surface area contributed by atoms with Crippen LogP contribution in [0.2, 0.25) is 0 Å². The van der Waals surface area contributed by atoms with Crippen LogP contribution in [0.1, 0.15) is 69.8 Å². The van der Waals surface area contributed by atoms with Gasteiger partial charge in [-0.05, 0) is 49.8 Å². The lowest BCUT2D eigenvalue weighted by molar-refractivity contribution is -0.130. The third-order valence-corrected chi connectivity index (χ3v) is 7.51. The number of hydrogen-bond acceptors (Lipinski definition) is 5. The maximum Gasteiger partial charge on any atom is 0.328 e. The number of carbonyl (C=O) groups is 3. The van der Waals surface area contributed by atoms with E-state index >= 15 is 0 Å². The van der Waals surface area contributed by atoms with Gasteiger partial charge in [-0.1, -0.05) is 44.2 Å². The molecular formula is C23H34N4O5S. The molecule has 0 atom stereocenters. The molecule has 1 aliphatic carbocycles. The van der Waals surface area contributed by atoms with E-state index < -0.39 is 22.1 Å². The molecule has 3 N–H and O–H groups in total. The summed E-state index contributed by atoms with van der Waals surface area (Å²) in [5.74, 6) is -0.153. The summed E-state index contributed by atoms with van der Waals surface area (Å²) >= 11 is 0. The Labute approximate surface area is 195 Å². The van der Waals surface area contributed by atoms with Gasteiger partial charge in [0.15, 0.2) is 0 Å². The highest BCUT2D eigenvalue weighted by Gasteiger charge is 2.24. The average molecular weight is 479 g/mol. The summed E-state index contributed by atoms with van der Waals surface area (Å²) in [5, 5.41) is 5.53. The van der Waals surface area contributed by atoms with E-state index in [0.717, 1.165) is 56.9 Å². The highest BCUT2D eigenvalue weighted by Crippen LogP contribution is 2.17. The molecule has 0 radical (unpaired) electrons. The second-order valence-electron chi connectivity index (χ2n) is 8.75. The third kappa shape index (κ3) is 7.73. The molecule has 5 amide bonds. The predicted molar refractivity (Wildman–Crippen MR) is 124 cm³/mol. The number of hydrogen-bond donors (Lipinski definition) is 3. The molecule has 1 saturated carbocycles. The van der Waals surface area contributed by atoms with Crippen molar-refractivity contribution in [2.45, 2.75) is 81.6 Å². The van der Waals surface area contributed by atoms with E-state index in [1.54, 1.807) is 12.1 Å². The zero-order chi connectivity index (χ0) is 23.7. The number of sulfonamides is 1. The fourth-order valence-electron chi connectivity index (χ4n) is 4.26. The molecule has 33 heavy (non-hydrogen) atoms. The van der Waals surface area contributed by atoms with Gasteiger partial charge in [-0.3, -0.25) is 9.69 Å². The Morgan fingerprint density at radius 3 is 2.27 bits per heavy atom. The van der Waals surface area contributed by atoms with Crippen LogP contribution < -0.4 is 15.4 Å². The van der Waals surface area contributed by atoms with Crippen LogP contribution >= 0.6 is 0 Å². The number of imide groups is 1. The van der Waals surface area contributed by atoms with Crippen LogP contribution in [0, 0.1) is 0 Å². The molecule has 9 nitrogen and oxygen atoms in total. The van der Waals surface area contributed by atoms with E-state index in [1.807, 2.05) is 0 Å². The monoisotopic (exact) mass is 478 g/mol. The van der Waals surface area contributed by atoms with Crippen molar-refractivity contribution >= 4 is 28.0 Å². The van der Waals surface area contributed by atoms with Crippen LogP contribution in [0.4, 0.5) is 9.59 Å².